The Kier molecular flexibility index (Phi) is 4.31. The van der Waals surface area contributed by atoms with E-state index in [9.17, 15) is 4.79 Å². The molecule has 1 amide bonds. The summed E-state index contributed by atoms with van der Waals surface area (Å²) in [6, 6.07) is 0. The van der Waals surface area contributed by atoms with Gasteiger partial charge >= 0.3 is 0 Å². The average molecular weight is 223 g/mol. The lowest BCUT2D eigenvalue weighted by atomic mass is 10.1. The van der Waals surface area contributed by atoms with E-state index in [1.807, 2.05) is 0 Å². The molecule has 44 valence electrons. The molecule has 0 aromatic carbocycles. The minimum Gasteiger partial charge on any atom is -0.355 e. The van der Waals surface area contributed by atoms with Crippen LogP contribution >= 0.6 is 22.6 Å². The van der Waals surface area contributed by atoms with E-state index < -0.39 is 0 Å². The Labute approximate surface area is 64.2 Å². The molecular formula is C4H7BINO. The van der Waals surface area contributed by atoms with Crippen molar-refractivity contribution in [1.29, 1.82) is 0 Å². The molecule has 0 spiro atoms. The molecule has 0 bridgehead atoms. The van der Waals surface area contributed by atoms with Crippen LogP contribution in [0.1, 0.15) is 0 Å². The first-order valence-electron chi connectivity index (χ1n) is 2.25. The number of rotatable bonds is 2. The summed E-state index contributed by atoms with van der Waals surface area (Å²) in [6.45, 7) is 0.732. The molecular weight excluding hydrogens is 216 g/mol. The molecule has 0 aliphatic carbocycles. The molecule has 0 heterocycles. The smallest absolute Gasteiger partial charge is 0.200 e. The quantitative estimate of drug-likeness (QED) is 0.382. The van der Waals surface area contributed by atoms with Crippen molar-refractivity contribution >= 4 is 36.2 Å². The van der Waals surface area contributed by atoms with Crippen molar-refractivity contribution in [2.75, 3.05) is 18.0 Å². The normalized spacial score (nSPS) is 8.75. The molecule has 0 atom stereocenters. The topological polar surface area (TPSA) is 20.3 Å². The molecule has 2 radical (unpaired) electrons. The first-order valence-corrected chi connectivity index (χ1v) is 3.77. The molecule has 4 heteroatoms. The highest BCUT2D eigenvalue weighted by Gasteiger charge is 1.96. The Bertz CT molecular complexity index is 88.1. The summed E-state index contributed by atoms with van der Waals surface area (Å²) in [6.07, 6.45) is 0. The van der Waals surface area contributed by atoms with Crippen LogP contribution < -0.4 is 0 Å². The monoisotopic (exact) mass is 223 g/mol. The van der Waals surface area contributed by atoms with Gasteiger partial charge in [-0.1, -0.05) is 22.6 Å². The summed E-state index contributed by atoms with van der Waals surface area (Å²) >= 11 is 2.19. The van der Waals surface area contributed by atoms with E-state index in [0.29, 0.717) is 0 Å². The second-order valence-corrected chi connectivity index (χ2v) is 2.53. The Morgan fingerprint density at radius 1 is 1.88 bits per heavy atom. The molecule has 0 N–H and O–H groups in total. The molecule has 0 unspecified atom stereocenters. The molecule has 0 saturated heterocycles. The van der Waals surface area contributed by atoms with Crippen LogP contribution in [-0.2, 0) is 0 Å². The van der Waals surface area contributed by atoms with Crippen LogP contribution in [-0.4, -0.2) is 36.6 Å². The van der Waals surface area contributed by atoms with Crippen LogP contribution in [0.2, 0.25) is 0 Å². The summed E-state index contributed by atoms with van der Waals surface area (Å²) < 4.78 is 0.928. The van der Waals surface area contributed by atoms with E-state index >= 15 is 0 Å². The molecule has 0 aromatic rings. The maximum Gasteiger partial charge on any atom is 0.200 e. The van der Waals surface area contributed by atoms with E-state index in [2.05, 4.69) is 22.6 Å². The lowest BCUT2D eigenvalue weighted by Gasteiger charge is -2.11. The first-order chi connectivity index (χ1) is 3.68. The van der Waals surface area contributed by atoms with Crippen molar-refractivity contribution < 1.29 is 4.79 Å². The van der Waals surface area contributed by atoms with Crippen LogP contribution in [0, 0.1) is 0 Å². The van der Waals surface area contributed by atoms with Crippen molar-refractivity contribution in [1.82, 2.24) is 4.90 Å². The Morgan fingerprint density at radius 3 is 2.50 bits per heavy atom. The van der Waals surface area contributed by atoms with Crippen molar-refractivity contribution in [2.45, 2.75) is 0 Å². The summed E-state index contributed by atoms with van der Waals surface area (Å²) in [5.41, 5.74) is 0. The molecule has 0 aliphatic rings. The predicted molar refractivity (Wildman–Crippen MR) is 42.7 cm³/mol. The molecule has 0 aromatic heterocycles. The van der Waals surface area contributed by atoms with Crippen LogP contribution in [0.25, 0.3) is 0 Å². The molecule has 0 saturated carbocycles. The zero-order valence-corrected chi connectivity index (χ0v) is 6.88. The summed E-state index contributed by atoms with van der Waals surface area (Å²) in [5, 5.41) is 0. The maximum atomic E-state index is 10.2. The molecule has 2 nitrogen and oxygen atoms in total. The molecule has 8 heavy (non-hydrogen) atoms. The van der Waals surface area contributed by atoms with Gasteiger partial charge < -0.3 is 4.90 Å². The predicted octanol–water partition coefficient (Wildman–Crippen LogP) is 0.642. The fourth-order valence-electron chi connectivity index (χ4n) is 0.237. The van der Waals surface area contributed by atoms with Crippen LogP contribution in [0.4, 0.5) is 4.79 Å². The van der Waals surface area contributed by atoms with Crippen molar-refractivity contribution in [2.24, 2.45) is 0 Å². The van der Waals surface area contributed by atoms with Gasteiger partial charge in [0.15, 0.2) is 5.81 Å². The first kappa shape index (κ1) is 8.26. The average Bonchev–Trinajstić information content (AvgIpc) is 1.67. The van der Waals surface area contributed by atoms with E-state index in [1.165, 1.54) is 4.90 Å². The fourth-order valence-corrected chi connectivity index (χ4v) is 0.961. The third kappa shape index (κ3) is 3.29. The third-order valence-corrected chi connectivity index (χ3v) is 1.28. The molecule has 0 aliphatic heterocycles. The highest BCUT2D eigenvalue weighted by molar-refractivity contribution is 14.1. The van der Waals surface area contributed by atoms with Gasteiger partial charge in [0.05, 0.1) is 0 Å². The third-order valence-electron chi connectivity index (χ3n) is 0.796. The van der Waals surface area contributed by atoms with Crippen molar-refractivity contribution in [3.05, 3.63) is 0 Å². The van der Waals surface area contributed by atoms with Gasteiger partial charge in [0.2, 0.25) is 7.85 Å². The Morgan fingerprint density at radius 2 is 2.38 bits per heavy atom. The minimum atomic E-state index is -0.360. The van der Waals surface area contributed by atoms with Gasteiger partial charge in [-0.3, -0.25) is 4.79 Å². The second kappa shape index (κ2) is 4.17. The second-order valence-electron chi connectivity index (χ2n) is 1.45. The fraction of sp³-hybridized carbons (Fsp3) is 0.750. The standard InChI is InChI=1S/C4H7BINO/c1-7(3-2-6)4(5)8/h2-3H2,1H3. The molecule has 0 rings (SSSR count). The maximum absolute atomic E-state index is 10.2. The number of carbonyl (C=O) groups is 1. The van der Waals surface area contributed by atoms with Gasteiger partial charge in [-0.15, -0.1) is 0 Å². The number of amides is 1. The lowest BCUT2D eigenvalue weighted by molar-refractivity contribution is 0.235. The highest BCUT2D eigenvalue weighted by atomic mass is 127. The zero-order valence-electron chi connectivity index (χ0n) is 4.72. The summed E-state index contributed by atoms with van der Waals surface area (Å²) in [7, 11) is 6.59. The van der Waals surface area contributed by atoms with Gasteiger partial charge in [0, 0.05) is 18.0 Å². The Hall–Kier alpha value is 0.265. The number of hydrogen-bond donors (Lipinski definition) is 0. The lowest BCUT2D eigenvalue weighted by Crippen LogP contribution is -2.26. The zero-order chi connectivity index (χ0) is 6.57. The number of nitrogens with zero attached hydrogens (tertiary/aromatic N) is 1. The minimum absolute atomic E-state index is 0.360. The van der Waals surface area contributed by atoms with Gasteiger partial charge in [-0.05, 0) is 0 Å². The number of carbonyl (C=O) groups excluding carboxylic acids is 1. The SMILES string of the molecule is [B]C(=O)N(C)CCI. The summed E-state index contributed by atoms with van der Waals surface area (Å²) in [4.78, 5) is 11.7. The Balaban J connectivity index is 3.32. The number of alkyl halides is 1. The van der Waals surface area contributed by atoms with Crippen LogP contribution in [0.3, 0.4) is 0 Å². The van der Waals surface area contributed by atoms with Gasteiger partial charge in [-0.25, -0.2) is 0 Å². The van der Waals surface area contributed by atoms with Gasteiger partial charge in [0.25, 0.3) is 0 Å². The van der Waals surface area contributed by atoms with Crippen molar-refractivity contribution in [3.63, 3.8) is 0 Å². The van der Waals surface area contributed by atoms with Crippen molar-refractivity contribution in [3.8, 4) is 0 Å². The highest BCUT2D eigenvalue weighted by Crippen LogP contribution is 1.86. The van der Waals surface area contributed by atoms with E-state index in [-0.39, 0.29) is 5.81 Å². The summed E-state index contributed by atoms with van der Waals surface area (Å²) in [5.74, 6) is -0.360. The van der Waals surface area contributed by atoms with E-state index in [1.54, 1.807) is 7.05 Å². The van der Waals surface area contributed by atoms with Gasteiger partial charge in [-0.2, -0.15) is 0 Å². The largest absolute Gasteiger partial charge is 0.355 e. The van der Waals surface area contributed by atoms with Gasteiger partial charge in [0.1, 0.15) is 0 Å². The van der Waals surface area contributed by atoms with E-state index in [0.717, 1.165) is 11.0 Å². The number of hydrogen-bond acceptors (Lipinski definition) is 1. The molecule has 0 fully saturated rings. The number of halogens is 1. The van der Waals surface area contributed by atoms with E-state index in [4.69, 9.17) is 7.85 Å². The van der Waals surface area contributed by atoms with Crippen LogP contribution in [0.15, 0.2) is 0 Å². The van der Waals surface area contributed by atoms with Crippen LogP contribution in [0.5, 0.6) is 0 Å².